The van der Waals surface area contributed by atoms with Crippen LogP contribution < -0.4 is 4.74 Å². The van der Waals surface area contributed by atoms with Crippen LogP contribution in [0.3, 0.4) is 0 Å². The lowest BCUT2D eigenvalue weighted by Gasteiger charge is -2.48. The molecule has 3 aliphatic rings. The van der Waals surface area contributed by atoms with Gasteiger partial charge in [-0.1, -0.05) is 6.92 Å². The quantitative estimate of drug-likeness (QED) is 0.760. The molecule has 0 aliphatic heterocycles. The van der Waals surface area contributed by atoms with Crippen molar-refractivity contribution in [3.63, 3.8) is 0 Å². The van der Waals surface area contributed by atoms with Crippen molar-refractivity contribution in [3.8, 4) is 5.75 Å². The maximum atomic E-state index is 12.4. The van der Waals surface area contributed by atoms with Gasteiger partial charge >= 0.3 is 0 Å². The van der Waals surface area contributed by atoms with E-state index in [9.17, 15) is 9.59 Å². The second-order valence-corrected chi connectivity index (χ2v) is 8.14. The van der Waals surface area contributed by atoms with Gasteiger partial charge in [-0.05, 0) is 80.0 Å². The average Bonchev–Trinajstić information content (AvgIpc) is 2.88. The predicted molar refractivity (Wildman–Crippen MR) is 92.6 cm³/mol. The Morgan fingerprint density at radius 3 is 2.71 bits per heavy atom. The molecule has 3 aliphatic carbocycles. The summed E-state index contributed by atoms with van der Waals surface area (Å²) in [5.74, 6) is 2.87. The highest BCUT2D eigenvalue weighted by atomic mass is 16.5. The largest absolute Gasteiger partial charge is 0.496 e. The van der Waals surface area contributed by atoms with Crippen molar-refractivity contribution >= 4 is 11.6 Å². The number of fused-ring (bicyclic) bond motifs is 5. The molecule has 0 radical (unpaired) electrons. The molecule has 1 aromatic carbocycles. The third kappa shape index (κ3) is 2.09. The first-order valence-electron chi connectivity index (χ1n) is 9.20. The highest BCUT2D eigenvalue weighted by Crippen LogP contribution is 2.59. The van der Waals surface area contributed by atoms with E-state index < -0.39 is 0 Å². The Labute approximate surface area is 143 Å². The van der Waals surface area contributed by atoms with Gasteiger partial charge in [-0.2, -0.15) is 0 Å². The van der Waals surface area contributed by atoms with Crippen molar-refractivity contribution in [3.05, 3.63) is 28.8 Å². The van der Waals surface area contributed by atoms with E-state index in [1.165, 1.54) is 11.1 Å². The summed E-state index contributed by atoms with van der Waals surface area (Å²) in [7, 11) is 1.63. The Kier molecular flexibility index (Phi) is 3.59. The minimum absolute atomic E-state index is 0.0634. The van der Waals surface area contributed by atoms with Crippen LogP contribution in [-0.2, 0) is 11.2 Å². The van der Waals surface area contributed by atoms with E-state index in [2.05, 4.69) is 19.1 Å². The number of ether oxygens (including phenoxy) is 1. The van der Waals surface area contributed by atoms with Crippen LogP contribution >= 0.6 is 0 Å². The Morgan fingerprint density at radius 1 is 1.21 bits per heavy atom. The molecule has 0 amide bonds. The second-order valence-electron chi connectivity index (χ2n) is 8.14. The van der Waals surface area contributed by atoms with Gasteiger partial charge in [0.2, 0.25) is 0 Å². The molecular formula is C21H26O3. The van der Waals surface area contributed by atoms with Gasteiger partial charge in [-0.15, -0.1) is 0 Å². The number of methoxy groups -OCH3 is 1. The van der Waals surface area contributed by atoms with E-state index in [1.54, 1.807) is 14.0 Å². The third-order valence-corrected chi connectivity index (χ3v) is 7.13. The summed E-state index contributed by atoms with van der Waals surface area (Å²) in [6.07, 6.45) is 6.08. The molecule has 0 N–H and O–H groups in total. The zero-order valence-electron chi connectivity index (χ0n) is 14.9. The summed E-state index contributed by atoms with van der Waals surface area (Å²) >= 11 is 0. The van der Waals surface area contributed by atoms with E-state index in [1.807, 2.05) is 0 Å². The third-order valence-electron chi connectivity index (χ3n) is 7.13. The summed E-state index contributed by atoms with van der Waals surface area (Å²) in [5, 5.41) is 0. The molecule has 2 fully saturated rings. The van der Waals surface area contributed by atoms with Crippen LogP contribution in [0.4, 0.5) is 0 Å². The Hall–Kier alpha value is -1.64. The minimum Gasteiger partial charge on any atom is -0.496 e. The first-order chi connectivity index (χ1) is 11.5. The monoisotopic (exact) mass is 326 g/mol. The molecule has 3 nitrogen and oxygen atoms in total. The number of ketones is 2. The van der Waals surface area contributed by atoms with E-state index in [0.717, 1.165) is 38.5 Å². The predicted octanol–water partition coefficient (Wildman–Crippen LogP) is 4.32. The van der Waals surface area contributed by atoms with Gasteiger partial charge in [0.1, 0.15) is 11.5 Å². The van der Waals surface area contributed by atoms with Crippen molar-refractivity contribution in [1.29, 1.82) is 0 Å². The maximum absolute atomic E-state index is 12.4. The van der Waals surface area contributed by atoms with Crippen molar-refractivity contribution in [2.24, 2.45) is 17.3 Å². The first-order valence-corrected chi connectivity index (χ1v) is 9.20. The Balaban J connectivity index is 1.76. The van der Waals surface area contributed by atoms with E-state index >= 15 is 0 Å². The fraction of sp³-hybridized carbons (Fsp3) is 0.619. The lowest BCUT2D eigenvalue weighted by Crippen LogP contribution is -2.42. The minimum atomic E-state index is -0.0887. The Bertz CT molecular complexity index is 720. The van der Waals surface area contributed by atoms with Crippen LogP contribution in [0, 0.1) is 17.3 Å². The van der Waals surface area contributed by atoms with Gasteiger partial charge < -0.3 is 4.74 Å². The van der Waals surface area contributed by atoms with Gasteiger partial charge in [-0.3, -0.25) is 9.59 Å². The topological polar surface area (TPSA) is 43.4 Å². The average molecular weight is 326 g/mol. The molecule has 3 heteroatoms. The van der Waals surface area contributed by atoms with E-state index in [4.69, 9.17) is 4.74 Å². The van der Waals surface area contributed by atoms with Crippen molar-refractivity contribution in [2.75, 3.05) is 7.11 Å². The highest BCUT2D eigenvalue weighted by Gasteiger charge is 2.54. The zero-order valence-corrected chi connectivity index (χ0v) is 14.9. The summed E-state index contributed by atoms with van der Waals surface area (Å²) < 4.78 is 5.44. The highest BCUT2D eigenvalue weighted by molar-refractivity contribution is 5.97. The molecule has 4 rings (SSSR count). The van der Waals surface area contributed by atoms with Gasteiger partial charge in [0.15, 0.2) is 5.78 Å². The first kappa shape index (κ1) is 15.9. The number of carbonyl (C=O) groups is 2. The summed E-state index contributed by atoms with van der Waals surface area (Å²) in [6, 6.07) is 4.17. The van der Waals surface area contributed by atoms with Crippen LogP contribution in [0.25, 0.3) is 0 Å². The second kappa shape index (κ2) is 5.44. The number of aryl methyl sites for hydroxylation is 1. The van der Waals surface area contributed by atoms with Gasteiger partial charge in [0, 0.05) is 11.8 Å². The van der Waals surface area contributed by atoms with Crippen LogP contribution in [-0.4, -0.2) is 18.7 Å². The van der Waals surface area contributed by atoms with E-state index in [0.29, 0.717) is 34.8 Å². The summed E-state index contributed by atoms with van der Waals surface area (Å²) in [5.41, 5.74) is 3.30. The Morgan fingerprint density at radius 2 is 2.00 bits per heavy atom. The molecule has 0 unspecified atom stereocenters. The molecule has 0 heterocycles. The maximum Gasteiger partial charge on any atom is 0.163 e. The van der Waals surface area contributed by atoms with Gasteiger partial charge in [0.25, 0.3) is 0 Å². The van der Waals surface area contributed by atoms with E-state index in [-0.39, 0.29) is 11.2 Å². The number of hydrogen-bond acceptors (Lipinski definition) is 3. The van der Waals surface area contributed by atoms with Crippen molar-refractivity contribution < 1.29 is 14.3 Å². The van der Waals surface area contributed by atoms with Crippen LogP contribution in [0.1, 0.15) is 73.4 Å². The molecule has 0 bridgehead atoms. The molecule has 1 aromatic rings. The molecule has 0 spiro atoms. The van der Waals surface area contributed by atoms with Crippen molar-refractivity contribution in [2.45, 2.75) is 58.3 Å². The molecule has 4 atom stereocenters. The SMILES string of the molecule is COc1cc2c(cc1C(C)=O)[C@H]1CC[C@@]3(C)C(=O)CC[C@H]3[C@@H]1CC2. The lowest BCUT2D eigenvalue weighted by atomic mass is 9.55. The van der Waals surface area contributed by atoms with Gasteiger partial charge in [-0.25, -0.2) is 0 Å². The summed E-state index contributed by atoms with van der Waals surface area (Å²) in [4.78, 5) is 24.4. The van der Waals surface area contributed by atoms with Gasteiger partial charge in [0.05, 0.1) is 12.7 Å². The zero-order chi connectivity index (χ0) is 17.1. The molecule has 24 heavy (non-hydrogen) atoms. The number of benzene rings is 1. The molecule has 0 aromatic heterocycles. The fourth-order valence-corrected chi connectivity index (χ4v) is 5.81. The van der Waals surface area contributed by atoms with Crippen LogP contribution in [0.15, 0.2) is 12.1 Å². The lowest BCUT2D eigenvalue weighted by molar-refractivity contribution is -0.129. The standard InChI is InChI=1S/C21H26O3/c1-12(22)16-11-17-13(10-19(16)24-3)4-5-15-14(17)8-9-21(2)18(15)6-7-20(21)23/h10-11,14-15,18H,4-9H2,1-3H3/t14-,15+,18-,21+/m0/s1. The number of carbonyl (C=O) groups excluding carboxylic acids is 2. The smallest absolute Gasteiger partial charge is 0.163 e. The normalized spacial score (nSPS) is 34.3. The molecular weight excluding hydrogens is 300 g/mol. The fourth-order valence-electron chi connectivity index (χ4n) is 5.81. The summed E-state index contributed by atoms with van der Waals surface area (Å²) in [6.45, 7) is 3.81. The van der Waals surface area contributed by atoms with Crippen LogP contribution in [0.2, 0.25) is 0 Å². The molecule has 128 valence electrons. The van der Waals surface area contributed by atoms with Crippen LogP contribution in [0.5, 0.6) is 5.75 Å². The van der Waals surface area contributed by atoms with Crippen molar-refractivity contribution in [1.82, 2.24) is 0 Å². The number of hydrogen-bond donors (Lipinski definition) is 0. The molecule has 2 saturated carbocycles. The molecule has 0 saturated heterocycles. The number of rotatable bonds is 2. The number of Topliss-reactive ketones (excluding diaryl/α,β-unsaturated/α-hetero) is 2.